The Bertz CT molecular complexity index is 364. The molecule has 4 heteroatoms. The fourth-order valence-electron chi connectivity index (χ4n) is 2.39. The second kappa shape index (κ2) is 6.36. The molecule has 1 atom stereocenters. The van der Waals surface area contributed by atoms with Gasteiger partial charge in [-0.15, -0.1) is 0 Å². The largest absolute Gasteiger partial charge is 0.468 e. The molecule has 0 aliphatic carbocycles. The molecule has 0 radical (unpaired) electrons. The number of hydrogen-bond donors (Lipinski definition) is 1. The third-order valence-electron chi connectivity index (χ3n) is 3.81. The zero-order valence-corrected chi connectivity index (χ0v) is 11.8. The van der Waals surface area contributed by atoms with Gasteiger partial charge in [-0.25, -0.2) is 0 Å². The molecule has 1 aromatic rings. The third kappa shape index (κ3) is 3.34. The van der Waals surface area contributed by atoms with Crippen molar-refractivity contribution in [3.05, 3.63) is 23.7 Å². The van der Waals surface area contributed by atoms with Crippen LogP contribution >= 0.6 is 0 Å². The quantitative estimate of drug-likeness (QED) is 0.860. The van der Waals surface area contributed by atoms with E-state index < -0.39 is 0 Å². The van der Waals surface area contributed by atoms with Gasteiger partial charge in [0.1, 0.15) is 5.76 Å². The van der Waals surface area contributed by atoms with Crippen molar-refractivity contribution in [1.82, 2.24) is 15.1 Å². The lowest BCUT2D eigenvalue weighted by Crippen LogP contribution is -2.49. The summed E-state index contributed by atoms with van der Waals surface area (Å²) in [6, 6.07) is 2.71. The van der Waals surface area contributed by atoms with Crippen molar-refractivity contribution < 1.29 is 4.42 Å². The van der Waals surface area contributed by atoms with Crippen molar-refractivity contribution >= 4 is 0 Å². The number of nitrogens with one attached hydrogen (secondary N) is 1. The van der Waals surface area contributed by atoms with Crippen LogP contribution in [0.25, 0.3) is 0 Å². The fraction of sp³-hybridized carbons (Fsp3) is 0.714. The predicted octanol–water partition coefficient (Wildman–Crippen LogP) is 1.52. The van der Waals surface area contributed by atoms with Crippen LogP contribution < -0.4 is 5.32 Å². The summed E-state index contributed by atoms with van der Waals surface area (Å²) in [5.74, 6) is 1.12. The molecule has 102 valence electrons. The van der Waals surface area contributed by atoms with Crippen LogP contribution in [0, 0.1) is 0 Å². The summed E-state index contributed by atoms with van der Waals surface area (Å²) in [5.41, 5.74) is 1.29. The van der Waals surface area contributed by atoms with Gasteiger partial charge in [0, 0.05) is 37.8 Å². The number of furan rings is 1. The monoisotopic (exact) mass is 251 g/mol. The van der Waals surface area contributed by atoms with Gasteiger partial charge in [-0.3, -0.25) is 4.90 Å². The fourth-order valence-corrected chi connectivity index (χ4v) is 2.39. The van der Waals surface area contributed by atoms with Crippen molar-refractivity contribution in [3.63, 3.8) is 0 Å². The van der Waals surface area contributed by atoms with E-state index in [9.17, 15) is 0 Å². The minimum absolute atomic E-state index is 0.630. The molecule has 1 N–H and O–H groups in total. The van der Waals surface area contributed by atoms with Crippen LogP contribution in [0.4, 0.5) is 0 Å². The Kier molecular flexibility index (Phi) is 4.80. The maximum atomic E-state index is 5.63. The standard InChI is InChI=1S/C14H25N3O/c1-4-15-9-13-5-8-18-14(13)11-17-7-6-16(3)12(2)10-17/h5,8,12,15H,4,6-7,9-11H2,1-3H3. The maximum absolute atomic E-state index is 5.63. The smallest absolute Gasteiger partial charge is 0.122 e. The van der Waals surface area contributed by atoms with Gasteiger partial charge in [-0.2, -0.15) is 0 Å². The Balaban J connectivity index is 1.91. The van der Waals surface area contributed by atoms with Gasteiger partial charge in [0.15, 0.2) is 0 Å². The molecule has 1 aliphatic rings. The molecule has 4 nitrogen and oxygen atoms in total. The molecule has 0 saturated carbocycles. The molecule has 18 heavy (non-hydrogen) atoms. The molecular formula is C14H25N3O. The van der Waals surface area contributed by atoms with Crippen molar-refractivity contribution in [2.45, 2.75) is 33.0 Å². The lowest BCUT2D eigenvalue weighted by Gasteiger charge is -2.37. The van der Waals surface area contributed by atoms with E-state index in [4.69, 9.17) is 4.42 Å². The minimum atomic E-state index is 0.630. The van der Waals surface area contributed by atoms with Crippen molar-refractivity contribution in [2.24, 2.45) is 0 Å². The Morgan fingerprint density at radius 2 is 2.28 bits per heavy atom. The van der Waals surface area contributed by atoms with E-state index in [1.165, 1.54) is 5.56 Å². The Morgan fingerprint density at radius 1 is 1.44 bits per heavy atom. The lowest BCUT2D eigenvalue weighted by atomic mass is 10.2. The van der Waals surface area contributed by atoms with Gasteiger partial charge in [0.2, 0.25) is 0 Å². The van der Waals surface area contributed by atoms with Gasteiger partial charge in [0.25, 0.3) is 0 Å². The van der Waals surface area contributed by atoms with E-state index in [0.717, 1.165) is 45.0 Å². The van der Waals surface area contributed by atoms with Crippen LogP contribution in [0.2, 0.25) is 0 Å². The molecule has 0 aromatic carbocycles. The normalized spacial score (nSPS) is 22.5. The number of piperazine rings is 1. The average Bonchev–Trinajstić information content (AvgIpc) is 2.79. The highest BCUT2D eigenvalue weighted by atomic mass is 16.3. The SMILES string of the molecule is CCNCc1ccoc1CN1CCN(C)C(C)C1. The average molecular weight is 251 g/mol. The number of rotatable bonds is 5. The molecule has 0 bridgehead atoms. The zero-order chi connectivity index (χ0) is 13.0. The third-order valence-corrected chi connectivity index (χ3v) is 3.81. The molecule has 1 fully saturated rings. The van der Waals surface area contributed by atoms with Crippen LogP contribution in [0.1, 0.15) is 25.2 Å². The van der Waals surface area contributed by atoms with Gasteiger partial charge < -0.3 is 14.6 Å². The van der Waals surface area contributed by atoms with Crippen molar-refractivity contribution in [3.8, 4) is 0 Å². The number of nitrogens with zero attached hydrogens (tertiary/aromatic N) is 2. The summed E-state index contributed by atoms with van der Waals surface area (Å²) in [7, 11) is 2.20. The highest BCUT2D eigenvalue weighted by Crippen LogP contribution is 2.16. The second-order valence-electron chi connectivity index (χ2n) is 5.21. The molecule has 2 heterocycles. The summed E-state index contributed by atoms with van der Waals surface area (Å²) < 4.78 is 5.63. The highest BCUT2D eigenvalue weighted by Gasteiger charge is 2.22. The van der Waals surface area contributed by atoms with Gasteiger partial charge in [-0.1, -0.05) is 6.92 Å². The molecule has 0 spiro atoms. The topological polar surface area (TPSA) is 31.7 Å². The molecule has 1 aromatic heterocycles. The first-order valence-corrected chi connectivity index (χ1v) is 6.89. The van der Waals surface area contributed by atoms with E-state index in [-0.39, 0.29) is 0 Å². The summed E-state index contributed by atoms with van der Waals surface area (Å²) >= 11 is 0. The maximum Gasteiger partial charge on any atom is 0.122 e. The molecule has 1 aliphatic heterocycles. The van der Waals surface area contributed by atoms with Crippen LogP contribution in [-0.2, 0) is 13.1 Å². The number of hydrogen-bond acceptors (Lipinski definition) is 4. The summed E-state index contributed by atoms with van der Waals surface area (Å²) in [6.07, 6.45) is 1.81. The first-order valence-electron chi connectivity index (χ1n) is 6.89. The first-order chi connectivity index (χ1) is 8.70. The van der Waals surface area contributed by atoms with E-state index in [1.54, 1.807) is 0 Å². The molecule has 1 unspecified atom stereocenters. The van der Waals surface area contributed by atoms with E-state index in [2.05, 4.69) is 42.1 Å². The summed E-state index contributed by atoms with van der Waals surface area (Å²) in [5, 5.41) is 3.36. The minimum Gasteiger partial charge on any atom is -0.468 e. The van der Waals surface area contributed by atoms with E-state index in [0.29, 0.717) is 6.04 Å². The Labute approximate surface area is 110 Å². The number of likely N-dealkylation sites (N-methyl/N-ethyl adjacent to an activating group) is 1. The Morgan fingerprint density at radius 3 is 3.00 bits per heavy atom. The lowest BCUT2D eigenvalue weighted by molar-refractivity contribution is 0.0943. The van der Waals surface area contributed by atoms with E-state index >= 15 is 0 Å². The van der Waals surface area contributed by atoms with E-state index in [1.807, 2.05) is 6.26 Å². The van der Waals surface area contributed by atoms with Crippen LogP contribution in [-0.4, -0.2) is 49.1 Å². The van der Waals surface area contributed by atoms with Gasteiger partial charge >= 0.3 is 0 Å². The van der Waals surface area contributed by atoms with Crippen molar-refractivity contribution in [2.75, 3.05) is 33.2 Å². The second-order valence-corrected chi connectivity index (χ2v) is 5.21. The summed E-state index contributed by atoms with van der Waals surface area (Å²) in [6.45, 7) is 10.6. The molecule has 2 rings (SSSR count). The van der Waals surface area contributed by atoms with Crippen LogP contribution in [0.5, 0.6) is 0 Å². The highest BCUT2D eigenvalue weighted by molar-refractivity contribution is 5.16. The molecule has 0 amide bonds. The van der Waals surface area contributed by atoms with Crippen LogP contribution in [0.3, 0.4) is 0 Å². The van der Waals surface area contributed by atoms with Crippen molar-refractivity contribution in [1.29, 1.82) is 0 Å². The Hall–Kier alpha value is -0.840. The van der Waals surface area contributed by atoms with Gasteiger partial charge in [-0.05, 0) is 26.6 Å². The molecule has 1 saturated heterocycles. The summed E-state index contributed by atoms with van der Waals surface area (Å²) in [4.78, 5) is 4.90. The molecular weight excluding hydrogens is 226 g/mol. The van der Waals surface area contributed by atoms with Gasteiger partial charge in [0.05, 0.1) is 12.8 Å². The zero-order valence-electron chi connectivity index (χ0n) is 11.8. The predicted molar refractivity (Wildman–Crippen MR) is 73.5 cm³/mol. The first kappa shape index (κ1) is 13.6. The van der Waals surface area contributed by atoms with Crippen LogP contribution in [0.15, 0.2) is 16.7 Å².